The van der Waals surface area contributed by atoms with Crippen LogP contribution in [0.25, 0.3) is 0 Å². The van der Waals surface area contributed by atoms with Gasteiger partial charge in [0.1, 0.15) is 0 Å². The molecule has 10 aliphatic heterocycles. The summed E-state index contributed by atoms with van der Waals surface area (Å²) in [5.74, 6) is 12.6. The fourth-order valence-corrected chi connectivity index (χ4v) is 18.0. The standard InChI is InChI=1S/C10H19N.C9H19NOS.C9H16O.C8H18N2O2S.C8H18N2.3C8H17N.C8H16.C7H15N/c1-8(2)9-6-10-4-3-5-11(10)7-9;1-8(2)9-5-6-10(7-9)12(3,4)11;1-7(2)8-5-9(3-4-9)10-6-8;1-8(2)9-4-6-10(7-5-9)13(3,11)12;1-8(2)10-6-4-9(3)5-7-10;1-7(2)8-4-5-9(3)6-8;2*1-8(2)9-6-4-3-5-7-9;2*1-7(2)8-5-3-4-6-8/h8-10H,3-7H2,1-2H3;8-9H,3,5-7H2,1-2,4H3;7-8H,3-6H2,1-2H3;8H,4-7H2,1-3H3;8H,4-7H2,1-3H3;7-8H,4-6H2,1-3H3;2*8H,3-7H2,1-2H3;7-8H,3-6H2,1-2H3;7H,3-6H2,1-2H3. The average Bonchev–Trinajstić information content (AvgIpc) is 1.63. The molecular weight excluding hydrogens is 1270 g/mol. The van der Waals surface area contributed by atoms with Crippen LogP contribution in [0.15, 0.2) is 0 Å². The number of rotatable bonds is 12. The molecule has 0 N–H and O–H groups in total. The molecule has 12 rings (SSSR count). The summed E-state index contributed by atoms with van der Waals surface area (Å²) in [5.41, 5.74) is 0.398. The Kier molecular flexibility index (Phi) is 45.0. The summed E-state index contributed by atoms with van der Waals surface area (Å²) in [5, 5.41) is 0. The van der Waals surface area contributed by atoms with Crippen molar-refractivity contribution in [3.05, 3.63) is 0 Å². The quantitative estimate of drug-likeness (QED) is 0.174. The van der Waals surface area contributed by atoms with Crippen molar-refractivity contribution in [3.8, 4) is 0 Å². The van der Waals surface area contributed by atoms with Crippen molar-refractivity contribution in [1.29, 1.82) is 0 Å². The number of sulfonamides is 1. The summed E-state index contributed by atoms with van der Waals surface area (Å²) in [7, 11) is -0.501. The molecule has 16 heteroatoms. The van der Waals surface area contributed by atoms with Gasteiger partial charge in [-0.2, -0.15) is 4.31 Å². The third kappa shape index (κ3) is 37.8. The van der Waals surface area contributed by atoms with Crippen molar-refractivity contribution < 1.29 is 17.4 Å². The van der Waals surface area contributed by atoms with E-state index in [4.69, 9.17) is 4.74 Å². The Hall–Kier alpha value is -0.470. The van der Waals surface area contributed by atoms with Crippen LogP contribution in [0.4, 0.5) is 0 Å². The number of fused-ring (bicyclic) bond motifs is 1. The van der Waals surface area contributed by atoms with E-state index in [1.807, 2.05) is 4.31 Å². The van der Waals surface area contributed by atoms with E-state index in [0.717, 1.165) is 110 Å². The highest BCUT2D eigenvalue weighted by Crippen LogP contribution is 2.50. The summed E-state index contributed by atoms with van der Waals surface area (Å²) < 4.78 is 43.2. The van der Waals surface area contributed by atoms with E-state index in [-0.39, 0.29) is 0 Å². The van der Waals surface area contributed by atoms with Crippen molar-refractivity contribution in [2.24, 2.45) is 59.2 Å². The first-order chi connectivity index (χ1) is 46.4. The van der Waals surface area contributed by atoms with E-state index >= 15 is 0 Å². The molecule has 0 bridgehead atoms. The number of likely N-dealkylation sites (tertiary alicyclic amines) is 4. The molecule has 0 amide bonds. The lowest BCUT2D eigenvalue weighted by atomic mass is 9.92. The van der Waals surface area contributed by atoms with Crippen LogP contribution in [0.3, 0.4) is 0 Å². The molecule has 2 saturated carbocycles. The number of hydrogen-bond donors (Lipinski definition) is 0. The number of piperazine rings is 2. The molecule has 590 valence electrons. The minimum Gasteiger partial charge on any atom is -0.375 e. The number of piperidine rings is 2. The summed E-state index contributed by atoms with van der Waals surface area (Å²) >= 11 is 0. The van der Waals surface area contributed by atoms with Crippen molar-refractivity contribution in [2.45, 2.75) is 309 Å². The Morgan fingerprint density at radius 1 is 0.354 bits per heavy atom. The average molecular weight is 1440 g/mol. The molecule has 10 heterocycles. The Labute approximate surface area is 619 Å². The monoisotopic (exact) mass is 1440 g/mol. The molecule has 1 spiro atoms. The van der Waals surface area contributed by atoms with Crippen LogP contribution in [0.1, 0.15) is 267 Å². The molecule has 99 heavy (non-hydrogen) atoms. The highest BCUT2D eigenvalue weighted by atomic mass is 32.2. The van der Waals surface area contributed by atoms with Crippen molar-refractivity contribution in [3.63, 3.8) is 0 Å². The summed E-state index contributed by atoms with van der Waals surface area (Å²) in [6.07, 6.45) is 31.4. The van der Waals surface area contributed by atoms with Crippen LogP contribution in [0.2, 0.25) is 0 Å². The van der Waals surface area contributed by atoms with Crippen LogP contribution in [-0.2, 0) is 24.5 Å². The lowest BCUT2D eigenvalue weighted by Gasteiger charge is -2.35. The van der Waals surface area contributed by atoms with E-state index in [9.17, 15) is 12.6 Å². The maximum atomic E-state index is 11.6. The summed E-state index contributed by atoms with van der Waals surface area (Å²) in [6, 6.07) is 4.53. The third-order valence-corrected chi connectivity index (χ3v) is 27.4. The van der Waals surface area contributed by atoms with Crippen LogP contribution >= 0.6 is 0 Å². The van der Waals surface area contributed by atoms with E-state index in [2.05, 4.69) is 198 Å². The first-order valence-electron chi connectivity index (χ1n) is 41.9. The van der Waals surface area contributed by atoms with Crippen LogP contribution in [-0.4, -0.2) is 272 Å². The first kappa shape index (κ1) is 92.7. The van der Waals surface area contributed by atoms with Crippen LogP contribution < -0.4 is 0 Å². The van der Waals surface area contributed by atoms with Crippen LogP contribution in [0.5, 0.6) is 0 Å². The van der Waals surface area contributed by atoms with Gasteiger partial charge in [0.25, 0.3) is 0 Å². The lowest BCUT2D eigenvalue weighted by Crippen LogP contribution is -2.50. The van der Waals surface area contributed by atoms with Crippen molar-refractivity contribution in [2.75, 3.05) is 164 Å². The maximum Gasteiger partial charge on any atom is 0.211 e. The molecule has 0 radical (unpaired) electrons. The van der Waals surface area contributed by atoms with Gasteiger partial charge in [0.15, 0.2) is 0 Å². The predicted molar refractivity (Wildman–Crippen MR) is 436 cm³/mol. The summed E-state index contributed by atoms with van der Waals surface area (Å²) in [4.78, 5) is 20.0. The molecule has 6 unspecified atom stereocenters. The minimum absolute atomic E-state index is 0.398. The first-order valence-corrected chi connectivity index (χ1v) is 45.8. The molecule has 10 saturated heterocycles. The van der Waals surface area contributed by atoms with Gasteiger partial charge in [-0.1, -0.05) is 108 Å². The smallest absolute Gasteiger partial charge is 0.211 e. The van der Waals surface area contributed by atoms with Gasteiger partial charge in [0.2, 0.25) is 10.0 Å². The summed E-state index contributed by atoms with van der Waals surface area (Å²) in [6.45, 7) is 69.9. The Morgan fingerprint density at radius 2 is 0.737 bits per heavy atom. The lowest BCUT2D eigenvalue weighted by molar-refractivity contribution is 0.0852. The SMILES string of the molecule is C=S(C)(=O)N1CCC(C(C)C)C1.CC(C)C1CC2CCCN2C1.CC(C)C1CCCC1.CC(C)C1CCN(C)C1.CC(C)C1COC2(CC2)C1.CC(C)N1CCCC1.CC(C)N1CCCCC1.CC(C)N1CCCCC1.CC(C)N1CCN(C)CC1.CC(C)N1CCN(S(C)(=O)=O)CC1. The highest BCUT2D eigenvalue weighted by molar-refractivity contribution is 7.97. The Bertz CT molecular complexity index is 2170. The largest absolute Gasteiger partial charge is 0.375 e. The number of hydrogen-bond acceptors (Lipinski definition) is 12. The van der Waals surface area contributed by atoms with E-state index in [1.165, 1.54) is 226 Å². The Balaban J connectivity index is 0.000000287. The van der Waals surface area contributed by atoms with Gasteiger partial charge in [0, 0.05) is 131 Å². The second-order valence-electron chi connectivity index (χ2n) is 36.2. The van der Waals surface area contributed by atoms with E-state index in [0.29, 0.717) is 36.6 Å². The number of likely N-dealkylation sites (N-methyl/N-ethyl adjacent to an activating group) is 1. The number of ether oxygens (including phenoxy) is 1. The predicted octanol–water partition coefficient (Wildman–Crippen LogP) is 15.9. The fraction of sp³-hybridized carbons (Fsp3) is 0.988. The fourth-order valence-electron chi connectivity index (χ4n) is 16.2. The molecule has 0 aromatic heterocycles. The van der Waals surface area contributed by atoms with E-state index < -0.39 is 19.7 Å². The molecule has 0 aromatic carbocycles. The molecular formula is C83H172N10O4S2. The topological polar surface area (TPSA) is 92.8 Å². The van der Waals surface area contributed by atoms with Gasteiger partial charge < -0.3 is 34.1 Å². The van der Waals surface area contributed by atoms with Gasteiger partial charge in [-0.25, -0.2) is 12.7 Å². The highest BCUT2D eigenvalue weighted by Gasteiger charge is 2.50. The number of nitrogens with zero attached hydrogens (tertiary/aromatic N) is 10. The Morgan fingerprint density at radius 3 is 1.02 bits per heavy atom. The van der Waals surface area contributed by atoms with Gasteiger partial charge in [-0.05, 0) is 291 Å². The molecule has 2 aliphatic carbocycles. The van der Waals surface area contributed by atoms with Gasteiger partial charge >= 0.3 is 0 Å². The van der Waals surface area contributed by atoms with Crippen molar-refractivity contribution in [1.82, 2.24) is 47.8 Å². The van der Waals surface area contributed by atoms with Gasteiger partial charge in [-0.3, -0.25) is 14.0 Å². The molecule has 0 aromatic rings. The van der Waals surface area contributed by atoms with E-state index in [1.54, 1.807) is 10.6 Å². The van der Waals surface area contributed by atoms with Gasteiger partial charge in [-0.15, -0.1) is 0 Å². The van der Waals surface area contributed by atoms with Gasteiger partial charge in [0.05, 0.1) is 18.5 Å². The third-order valence-electron chi connectivity index (χ3n) is 24.7. The molecule has 14 nitrogen and oxygen atoms in total. The normalized spacial score (nSPS) is 27.6. The van der Waals surface area contributed by atoms with Crippen LogP contribution in [0, 0.1) is 59.2 Å². The minimum atomic E-state index is -2.97. The molecule has 6 atom stereocenters. The maximum absolute atomic E-state index is 11.6. The van der Waals surface area contributed by atoms with Crippen molar-refractivity contribution >= 4 is 25.6 Å². The molecule has 12 aliphatic rings. The second kappa shape index (κ2) is 48.0. The zero-order valence-electron chi connectivity index (χ0n) is 70.4. The molecule has 12 fully saturated rings. The zero-order valence-corrected chi connectivity index (χ0v) is 72.0. The second-order valence-corrected chi connectivity index (χ2v) is 40.6. The zero-order chi connectivity index (χ0) is 74.2.